The van der Waals surface area contributed by atoms with Gasteiger partial charge in [0, 0.05) is 13.1 Å². The van der Waals surface area contributed by atoms with Crippen molar-refractivity contribution >= 4 is 11.5 Å². The van der Waals surface area contributed by atoms with Crippen molar-refractivity contribution in [1.29, 1.82) is 0 Å². The Morgan fingerprint density at radius 2 is 1.93 bits per heavy atom. The minimum absolute atomic E-state index is 0.143. The van der Waals surface area contributed by atoms with Gasteiger partial charge in [0.15, 0.2) is 11.5 Å². The van der Waals surface area contributed by atoms with Crippen molar-refractivity contribution in [2.45, 2.75) is 31.6 Å². The molecule has 1 amide bonds. The summed E-state index contributed by atoms with van der Waals surface area (Å²) in [5.74, 6) is 1.95. The van der Waals surface area contributed by atoms with Crippen LogP contribution >= 0.6 is 0 Å². The van der Waals surface area contributed by atoms with Crippen LogP contribution in [0.25, 0.3) is 5.57 Å². The monoisotopic (exact) mass is 391 g/mol. The third-order valence-corrected chi connectivity index (χ3v) is 6.21. The molecule has 5 rings (SSSR count). The molecule has 2 aromatic carbocycles. The standard InChI is InChI=1S/C24H25NO4/c26-21-6-2-3-18-19(21)4-1-5-20(18)24(27)25-11-9-16(10-12-25)17-7-8-22-23(15-17)29-14-13-28-22/h2-3,6-9,15,20,26H,1,4-5,10-14H2. The molecule has 1 atom stereocenters. The summed E-state index contributed by atoms with van der Waals surface area (Å²) in [6.45, 7) is 2.50. The highest BCUT2D eigenvalue weighted by Crippen LogP contribution is 2.38. The Hall–Kier alpha value is -2.95. The van der Waals surface area contributed by atoms with Gasteiger partial charge in [-0.15, -0.1) is 0 Å². The maximum Gasteiger partial charge on any atom is 0.230 e. The van der Waals surface area contributed by atoms with Crippen LogP contribution in [0.3, 0.4) is 0 Å². The molecule has 0 saturated heterocycles. The highest BCUT2D eigenvalue weighted by atomic mass is 16.6. The van der Waals surface area contributed by atoms with Gasteiger partial charge >= 0.3 is 0 Å². The van der Waals surface area contributed by atoms with Gasteiger partial charge in [0.2, 0.25) is 5.91 Å². The molecule has 0 radical (unpaired) electrons. The highest BCUT2D eigenvalue weighted by Gasteiger charge is 2.31. The molecule has 0 aromatic heterocycles. The zero-order valence-electron chi connectivity index (χ0n) is 16.4. The molecule has 150 valence electrons. The number of ether oxygens (including phenoxy) is 2. The van der Waals surface area contributed by atoms with E-state index in [1.807, 2.05) is 29.2 Å². The van der Waals surface area contributed by atoms with Crippen LogP contribution in [-0.4, -0.2) is 42.2 Å². The van der Waals surface area contributed by atoms with Gasteiger partial charge in [-0.25, -0.2) is 0 Å². The van der Waals surface area contributed by atoms with Gasteiger partial charge in [0.25, 0.3) is 0 Å². The average molecular weight is 391 g/mol. The fourth-order valence-electron chi connectivity index (χ4n) is 4.68. The first-order valence-electron chi connectivity index (χ1n) is 10.4. The molecule has 1 aliphatic carbocycles. The van der Waals surface area contributed by atoms with Crippen molar-refractivity contribution in [2.75, 3.05) is 26.3 Å². The van der Waals surface area contributed by atoms with Crippen LogP contribution in [0.5, 0.6) is 17.2 Å². The van der Waals surface area contributed by atoms with Gasteiger partial charge in [-0.2, -0.15) is 0 Å². The van der Waals surface area contributed by atoms with Crippen molar-refractivity contribution in [1.82, 2.24) is 4.90 Å². The third-order valence-electron chi connectivity index (χ3n) is 6.21. The molecule has 5 heteroatoms. The SMILES string of the molecule is O=C(C1CCCc2c(O)cccc21)N1CC=C(c2ccc3c(c2)OCCO3)CC1. The van der Waals surface area contributed by atoms with Gasteiger partial charge < -0.3 is 19.5 Å². The number of rotatable bonds is 2. The molecule has 29 heavy (non-hydrogen) atoms. The predicted octanol–water partition coefficient (Wildman–Crippen LogP) is 3.90. The number of carbonyl (C=O) groups is 1. The number of aromatic hydroxyl groups is 1. The average Bonchev–Trinajstić information content (AvgIpc) is 2.78. The van der Waals surface area contributed by atoms with Crippen LogP contribution in [0.4, 0.5) is 0 Å². The number of benzene rings is 2. The summed E-state index contributed by atoms with van der Waals surface area (Å²) in [5, 5.41) is 10.2. The summed E-state index contributed by atoms with van der Waals surface area (Å²) in [7, 11) is 0. The number of fused-ring (bicyclic) bond motifs is 2. The number of hydrogen-bond donors (Lipinski definition) is 1. The lowest BCUT2D eigenvalue weighted by molar-refractivity contribution is -0.132. The Morgan fingerprint density at radius 1 is 1.07 bits per heavy atom. The molecular weight excluding hydrogens is 366 g/mol. The summed E-state index contributed by atoms with van der Waals surface area (Å²) in [5.41, 5.74) is 4.33. The lowest BCUT2D eigenvalue weighted by Crippen LogP contribution is -2.39. The van der Waals surface area contributed by atoms with E-state index in [4.69, 9.17) is 9.47 Å². The Kier molecular flexibility index (Phi) is 4.66. The molecular formula is C24H25NO4. The number of phenolic OH excluding ortho intramolecular Hbond substituents is 1. The molecule has 1 unspecified atom stereocenters. The Balaban J connectivity index is 1.33. The van der Waals surface area contributed by atoms with Crippen LogP contribution in [0, 0.1) is 0 Å². The van der Waals surface area contributed by atoms with Crippen molar-refractivity contribution in [3.05, 3.63) is 59.2 Å². The first-order valence-corrected chi connectivity index (χ1v) is 10.4. The maximum absolute atomic E-state index is 13.2. The summed E-state index contributed by atoms with van der Waals surface area (Å²) in [4.78, 5) is 15.2. The van der Waals surface area contributed by atoms with Gasteiger partial charge in [0.05, 0.1) is 5.92 Å². The highest BCUT2D eigenvalue weighted by molar-refractivity contribution is 5.86. The molecule has 5 nitrogen and oxygen atoms in total. The van der Waals surface area contributed by atoms with E-state index in [1.54, 1.807) is 6.07 Å². The number of hydrogen-bond acceptors (Lipinski definition) is 4. The normalized spacial score (nSPS) is 20.6. The fourth-order valence-corrected chi connectivity index (χ4v) is 4.68. The van der Waals surface area contributed by atoms with Crippen LogP contribution in [0.15, 0.2) is 42.5 Å². The minimum Gasteiger partial charge on any atom is -0.508 e. The second kappa shape index (κ2) is 7.47. The molecule has 0 fully saturated rings. The summed E-state index contributed by atoms with van der Waals surface area (Å²) in [6.07, 6.45) is 5.61. The number of nitrogens with zero attached hydrogens (tertiary/aromatic N) is 1. The van der Waals surface area contributed by atoms with Gasteiger partial charge in [0.1, 0.15) is 19.0 Å². The van der Waals surface area contributed by atoms with E-state index in [1.165, 1.54) is 5.57 Å². The molecule has 1 N–H and O–H groups in total. The smallest absolute Gasteiger partial charge is 0.230 e. The lowest BCUT2D eigenvalue weighted by atomic mass is 9.81. The van der Waals surface area contributed by atoms with E-state index in [0.717, 1.165) is 53.9 Å². The number of phenols is 1. The van der Waals surface area contributed by atoms with Gasteiger partial charge in [-0.05, 0) is 66.1 Å². The Morgan fingerprint density at radius 3 is 2.76 bits per heavy atom. The van der Waals surface area contributed by atoms with Crippen molar-refractivity contribution < 1.29 is 19.4 Å². The van der Waals surface area contributed by atoms with Gasteiger partial charge in [-0.1, -0.05) is 24.3 Å². The third kappa shape index (κ3) is 3.35. The largest absolute Gasteiger partial charge is 0.508 e. The lowest BCUT2D eigenvalue weighted by Gasteiger charge is -2.33. The van der Waals surface area contributed by atoms with E-state index >= 15 is 0 Å². The summed E-state index contributed by atoms with van der Waals surface area (Å²) < 4.78 is 11.3. The van der Waals surface area contributed by atoms with Gasteiger partial charge in [-0.3, -0.25) is 4.79 Å². The summed E-state index contributed by atoms with van der Waals surface area (Å²) >= 11 is 0. The minimum atomic E-state index is -0.143. The molecule has 2 aliphatic heterocycles. The zero-order chi connectivity index (χ0) is 19.8. The van der Waals surface area contributed by atoms with E-state index in [0.29, 0.717) is 32.1 Å². The fraction of sp³-hybridized carbons (Fsp3) is 0.375. The van der Waals surface area contributed by atoms with Crippen molar-refractivity contribution in [2.24, 2.45) is 0 Å². The zero-order valence-corrected chi connectivity index (χ0v) is 16.4. The second-order valence-corrected chi connectivity index (χ2v) is 7.91. The molecule has 0 bridgehead atoms. The summed E-state index contributed by atoms with van der Waals surface area (Å²) in [6, 6.07) is 11.6. The molecule has 3 aliphatic rings. The topological polar surface area (TPSA) is 59.0 Å². The predicted molar refractivity (Wildman–Crippen MR) is 110 cm³/mol. The van der Waals surface area contributed by atoms with Crippen molar-refractivity contribution in [3.8, 4) is 17.2 Å². The maximum atomic E-state index is 13.2. The quantitative estimate of drug-likeness (QED) is 0.844. The van der Waals surface area contributed by atoms with Crippen LogP contribution in [0.1, 0.15) is 41.9 Å². The van der Waals surface area contributed by atoms with E-state index in [9.17, 15) is 9.90 Å². The molecule has 0 saturated carbocycles. The Bertz CT molecular complexity index is 981. The molecule has 0 spiro atoms. The first-order chi connectivity index (χ1) is 14.2. The van der Waals surface area contributed by atoms with Crippen LogP contribution in [0.2, 0.25) is 0 Å². The van der Waals surface area contributed by atoms with Crippen molar-refractivity contribution in [3.63, 3.8) is 0 Å². The molecule has 2 heterocycles. The van der Waals surface area contributed by atoms with E-state index in [-0.39, 0.29) is 11.8 Å². The van der Waals surface area contributed by atoms with Crippen LogP contribution < -0.4 is 9.47 Å². The number of amides is 1. The Labute approximate surface area is 170 Å². The second-order valence-electron chi connectivity index (χ2n) is 7.91. The van der Waals surface area contributed by atoms with E-state index < -0.39 is 0 Å². The number of carbonyl (C=O) groups excluding carboxylic acids is 1. The van der Waals surface area contributed by atoms with Crippen LogP contribution in [-0.2, 0) is 11.2 Å². The molecule has 2 aromatic rings. The van der Waals surface area contributed by atoms with E-state index in [2.05, 4.69) is 12.1 Å². The first kappa shape index (κ1) is 18.1.